The summed E-state index contributed by atoms with van der Waals surface area (Å²) >= 11 is 0. The summed E-state index contributed by atoms with van der Waals surface area (Å²) in [6.45, 7) is 0.510. The molecule has 0 bridgehead atoms. The van der Waals surface area contributed by atoms with Gasteiger partial charge in [0.1, 0.15) is 0 Å². The lowest BCUT2D eigenvalue weighted by atomic mass is 10.2. The second-order valence-corrected chi connectivity index (χ2v) is 5.31. The van der Waals surface area contributed by atoms with Crippen LogP contribution in [-0.2, 0) is 6.54 Å². The number of aromatic nitrogens is 4. The number of para-hydroxylation sites is 2. The number of aromatic amines is 1. The van der Waals surface area contributed by atoms with E-state index >= 15 is 0 Å². The fourth-order valence-corrected chi connectivity index (χ4v) is 2.74. The quantitative estimate of drug-likeness (QED) is 0.426. The minimum absolute atomic E-state index is 0.396. The largest absolute Gasteiger partial charge is 0.399 e. The molecule has 0 saturated heterocycles. The zero-order valence-electron chi connectivity index (χ0n) is 12.1. The summed E-state index contributed by atoms with van der Waals surface area (Å²) in [5.41, 5.74) is 7.53. The third kappa shape index (κ3) is 2.02. The van der Waals surface area contributed by atoms with Crippen molar-refractivity contribution < 1.29 is 0 Å². The predicted molar refractivity (Wildman–Crippen MR) is 87.5 cm³/mol. The van der Waals surface area contributed by atoms with E-state index < -0.39 is 11.1 Å². The van der Waals surface area contributed by atoms with E-state index in [0.29, 0.717) is 23.5 Å². The highest BCUT2D eigenvalue weighted by atomic mass is 16.2. The molecular weight excluding hydrogens is 294 g/mol. The molecule has 2 aromatic heterocycles. The Hall–Kier alpha value is -3.35. The molecule has 0 amide bonds. The average Bonchev–Trinajstić information content (AvgIpc) is 2.88. The Morgan fingerprint density at radius 2 is 1.70 bits per heavy atom. The first-order chi connectivity index (χ1) is 11.1. The van der Waals surface area contributed by atoms with E-state index in [4.69, 9.17) is 5.73 Å². The number of benzene rings is 2. The van der Waals surface area contributed by atoms with Crippen molar-refractivity contribution >= 4 is 22.5 Å². The van der Waals surface area contributed by atoms with Crippen molar-refractivity contribution in [1.82, 2.24) is 19.2 Å². The fraction of sp³-hybridized carbons (Fsp3) is 0.0625. The third-order valence-corrected chi connectivity index (χ3v) is 3.83. The van der Waals surface area contributed by atoms with Crippen molar-refractivity contribution in [2.24, 2.45) is 0 Å². The van der Waals surface area contributed by atoms with Gasteiger partial charge < -0.3 is 10.3 Å². The number of hydrogen-bond acceptors (Lipinski definition) is 4. The summed E-state index contributed by atoms with van der Waals surface area (Å²) in [4.78, 5) is 23.8. The number of rotatable bonds is 2. The molecule has 114 valence electrons. The van der Waals surface area contributed by atoms with E-state index in [2.05, 4.69) is 10.2 Å². The van der Waals surface area contributed by atoms with Crippen molar-refractivity contribution in [2.45, 2.75) is 6.54 Å². The molecule has 0 spiro atoms. The number of imidazole rings is 1. The first kappa shape index (κ1) is 13.3. The van der Waals surface area contributed by atoms with Gasteiger partial charge in [-0.3, -0.25) is 9.59 Å². The summed E-state index contributed by atoms with van der Waals surface area (Å²) in [5.74, 6) is 0.396. The smallest absolute Gasteiger partial charge is 0.330 e. The van der Waals surface area contributed by atoms with Crippen LogP contribution in [0.1, 0.15) is 5.56 Å². The van der Waals surface area contributed by atoms with Crippen LogP contribution < -0.4 is 16.9 Å². The zero-order chi connectivity index (χ0) is 16.0. The Kier molecular flexibility index (Phi) is 2.80. The summed E-state index contributed by atoms with van der Waals surface area (Å²) < 4.78 is 3.23. The molecule has 0 radical (unpaired) electrons. The molecule has 0 saturated carbocycles. The Balaban J connectivity index is 2.04. The van der Waals surface area contributed by atoms with E-state index in [0.717, 1.165) is 11.1 Å². The van der Waals surface area contributed by atoms with E-state index in [-0.39, 0.29) is 0 Å². The highest BCUT2D eigenvalue weighted by Crippen LogP contribution is 2.19. The normalized spacial score (nSPS) is 11.3. The van der Waals surface area contributed by atoms with Gasteiger partial charge >= 0.3 is 11.1 Å². The molecule has 7 heteroatoms. The molecule has 0 fully saturated rings. The number of nitrogen functional groups attached to an aromatic ring is 1. The van der Waals surface area contributed by atoms with Crippen LogP contribution in [0.4, 0.5) is 5.69 Å². The van der Waals surface area contributed by atoms with Gasteiger partial charge in [0.05, 0.1) is 17.6 Å². The maximum Gasteiger partial charge on any atom is 0.330 e. The van der Waals surface area contributed by atoms with Crippen LogP contribution in [0.5, 0.6) is 0 Å². The SMILES string of the molecule is Nc1ccc(Cn2c3ccccc3n3c(=O)c(=O)[nH]nc23)cc1. The van der Waals surface area contributed by atoms with Crippen molar-refractivity contribution in [3.8, 4) is 0 Å². The Morgan fingerprint density at radius 1 is 1.00 bits per heavy atom. The third-order valence-electron chi connectivity index (χ3n) is 3.83. The molecular formula is C16H13N5O2. The van der Waals surface area contributed by atoms with Crippen LogP contribution in [0.3, 0.4) is 0 Å². The molecule has 3 N–H and O–H groups in total. The molecule has 0 atom stereocenters. The van der Waals surface area contributed by atoms with E-state index in [1.54, 1.807) is 6.07 Å². The van der Waals surface area contributed by atoms with Crippen LogP contribution in [0, 0.1) is 0 Å². The Morgan fingerprint density at radius 3 is 2.43 bits per heavy atom. The number of nitrogens with zero attached hydrogens (tertiary/aromatic N) is 3. The van der Waals surface area contributed by atoms with Gasteiger partial charge in [-0.1, -0.05) is 24.3 Å². The molecule has 0 aliphatic rings. The molecule has 7 nitrogen and oxygen atoms in total. The second-order valence-electron chi connectivity index (χ2n) is 5.31. The van der Waals surface area contributed by atoms with E-state index in [1.165, 1.54) is 4.40 Å². The summed E-state index contributed by atoms with van der Waals surface area (Å²) in [5, 5.41) is 6.32. The van der Waals surface area contributed by atoms with Gasteiger partial charge in [0, 0.05) is 5.69 Å². The van der Waals surface area contributed by atoms with Crippen molar-refractivity contribution in [3.63, 3.8) is 0 Å². The predicted octanol–water partition coefficient (Wildman–Crippen LogP) is 0.968. The van der Waals surface area contributed by atoms with Crippen LogP contribution in [0.15, 0.2) is 58.1 Å². The number of anilines is 1. The monoisotopic (exact) mass is 307 g/mol. The van der Waals surface area contributed by atoms with Crippen molar-refractivity contribution in [1.29, 1.82) is 0 Å². The lowest BCUT2D eigenvalue weighted by molar-refractivity contribution is 0.798. The summed E-state index contributed by atoms with van der Waals surface area (Å²) in [6.07, 6.45) is 0. The molecule has 4 aromatic rings. The summed E-state index contributed by atoms with van der Waals surface area (Å²) in [7, 11) is 0. The topological polar surface area (TPSA) is 98.2 Å². The van der Waals surface area contributed by atoms with Gasteiger partial charge in [-0.05, 0) is 29.8 Å². The van der Waals surface area contributed by atoms with Gasteiger partial charge in [-0.2, -0.15) is 0 Å². The molecule has 2 heterocycles. The lowest BCUT2D eigenvalue weighted by Gasteiger charge is -2.06. The maximum atomic E-state index is 12.2. The number of hydrogen-bond donors (Lipinski definition) is 2. The number of fused-ring (bicyclic) bond motifs is 3. The van der Waals surface area contributed by atoms with Crippen molar-refractivity contribution in [2.75, 3.05) is 5.73 Å². The molecule has 4 rings (SSSR count). The van der Waals surface area contributed by atoms with E-state index in [1.807, 2.05) is 47.0 Å². The van der Waals surface area contributed by atoms with Crippen molar-refractivity contribution in [3.05, 3.63) is 74.8 Å². The van der Waals surface area contributed by atoms with Gasteiger partial charge in [0.15, 0.2) is 0 Å². The number of H-pyrrole nitrogens is 1. The van der Waals surface area contributed by atoms with Crippen LogP contribution in [0.25, 0.3) is 16.8 Å². The minimum atomic E-state index is -0.738. The zero-order valence-corrected chi connectivity index (χ0v) is 12.1. The Labute approximate surface area is 129 Å². The second kappa shape index (κ2) is 4.84. The molecule has 0 unspecified atom stereocenters. The average molecular weight is 307 g/mol. The standard InChI is InChI=1S/C16H13N5O2/c17-11-7-5-10(6-8-11)9-20-12-3-1-2-4-13(12)21-15(23)14(22)18-19-16(20)21/h1-8H,9,17H2,(H,18,22). The molecule has 0 aliphatic heterocycles. The molecule has 2 aromatic carbocycles. The molecule has 23 heavy (non-hydrogen) atoms. The highest BCUT2D eigenvalue weighted by molar-refractivity contribution is 5.80. The highest BCUT2D eigenvalue weighted by Gasteiger charge is 2.14. The van der Waals surface area contributed by atoms with E-state index in [9.17, 15) is 9.59 Å². The van der Waals surface area contributed by atoms with Gasteiger partial charge in [-0.15, -0.1) is 5.10 Å². The van der Waals surface area contributed by atoms with Gasteiger partial charge in [-0.25, -0.2) is 9.50 Å². The van der Waals surface area contributed by atoms with Crippen LogP contribution in [0.2, 0.25) is 0 Å². The summed E-state index contributed by atoms with van der Waals surface area (Å²) in [6, 6.07) is 14.9. The fourth-order valence-electron chi connectivity index (χ4n) is 2.74. The molecule has 0 aliphatic carbocycles. The lowest BCUT2D eigenvalue weighted by Crippen LogP contribution is -2.33. The number of nitrogens with two attached hydrogens (primary N) is 1. The van der Waals surface area contributed by atoms with Gasteiger partial charge in [0.25, 0.3) is 0 Å². The maximum absolute atomic E-state index is 12.2. The first-order valence-electron chi connectivity index (χ1n) is 7.08. The van der Waals surface area contributed by atoms with Crippen LogP contribution >= 0.6 is 0 Å². The van der Waals surface area contributed by atoms with Crippen LogP contribution in [-0.4, -0.2) is 19.2 Å². The number of nitrogens with one attached hydrogen (secondary N) is 1. The van der Waals surface area contributed by atoms with Gasteiger partial charge in [0.2, 0.25) is 5.78 Å². The minimum Gasteiger partial charge on any atom is -0.399 e. The first-order valence-corrected chi connectivity index (χ1v) is 7.08. The Bertz CT molecular complexity index is 1140.